The van der Waals surface area contributed by atoms with E-state index in [2.05, 4.69) is 14.7 Å². The molecule has 1 N–H and O–H groups in total. The minimum Gasteiger partial charge on any atom is -0.505 e. The summed E-state index contributed by atoms with van der Waals surface area (Å²) in [5.41, 5.74) is -0.0747. The molecule has 0 aliphatic carbocycles. The van der Waals surface area contributed by atoms with Gasteiger partial charge >= 0.3 is 0 Å². The summed E-state index contributed by atoms with van der Waals surface area (Å²) < 4.78 is 89.2. The van der Waals surface area contributed by atoms with Crippen LogP contribution < -0.4 is 4.74 Å². The Balaban J connectivity index is 1.93. The lowest BCUT2D eigenvalue weighted by molar-refractivity contribution is 0.0766. The molecule has 2 aromatic carbocycles. The molecule has 1 atom stereocenters. The smallest absolute Gasteiger partial charge is 0.272 e. The van der Waals surface area contributed by atoms with E-state index in [9.17, 15) is 22.7 Å². The van der Waals surface area contributed by atoms with E-state index in [4.69, 9.17) is 0 Å². The van der Waals surface area contributed by atoms with Gasteiger partial charge in [-0.2, -0.15) is 8.78 Å². The van der Waals surface area contributed by atoms with Crippen LogP contribution in [-0.2, 0) is 6.42 Å². The lowest BCUT2D eigenvalue weighted by Crippen LogP contribution is -2.17. The van der Waals surface area contributed by atoms with Gasteiger partial charge in [-0.05, 0) is 25.1 Å². The molecule has 4 aromatic rings. The molecule has 1 unspecified atom stereocenters. The highest BCUT2D eigenvalue weighted by Crippen LogP contribution is 2.42. The van der Waals surface area contributed by atoms with Gasteiger partial charge in [-0.1, -0.05) is 24.3 Å². The van der Waals surface area contributed by atoms with E-state index in [0.29, 0.717) is 16.8 Å². The largest absolute Gasteiger partial charge is 0.505 e. The van der Waals surface area contributed by atoms with Crippen LogP contribution in [0.25, 0.3) is 10.9 Å². The molecular formula is C25H18F6N2O2. The van der Waals surface area contributed by atoms with Crippen molar-refractivity contribution >= 4 is 10.9 Å². The Morgan fingerprint density at radius 3 is 2.29 bits per heavy atom. The first kappa shape index (κ1) is 24.3. The number of hydrogen-bond acceptors (Lipinski definition) is 4. The molecule has 35 heavy (non-hydrogen) atoms. The molecule has 0 spiro atoms. The quantitative estimate of drug-likeness (QED) is 0.246. The molecule has 4 nitrogen and oxygen atoms in total. The lowest BCUT2D eigenvalue weighted by atomic mass is 9.85. The highest BCUT2D eigenvalue weighted by Gasteiger charge is 2.34. The number of benzene rings is 2. The van der Waals surface area contributed by atoms with Crippen molar-refractivity contribution in [3.8, 4) is 11.5 Å². The van der Waals surface area contributed by atoms with Crippen LogP contribution >= 0.6 is 0 Å². The fourth-order valence-corrected chi connectivity index (χ4v) is 3.92. The van der Waals surface area contributed by atoms with E-state index in [1.807, 2.05) is 0 Å². The van der Waals surface area contributed by atoms with Crippen molar-refractivity contribution in [1.82, 2.24) is 9.97 Å². The van der Waals surface area contributed by atoms with Gasteiger partial charge in [0.1, 0.15) is 17.9 Å². The molecule has 10 heteroatoms. The Kier molecular flexibility index (Phi) is 6.81. The Hall–Kier alpha value is -3.82. The molecule has 2 heterocycles. The molecule has 2 aromatic heterocycles. The lowest BCUT2D eigenvalue weighted by Gasteiger charge is -2.22. The van der Waals surface area contributed by atoms with Gasteiger partial charge in [0, 0.05) is 46.4 Å². The summed E-state index contributed by atoms with van der Waals surface area (Å²) in [7, 11) is 0. The first-order chi connectivity index (χ1) is 16.7. The van der Waals surface area contributed by atoms with E-state index in [1.165, 1.54) is 18.3 Å². The number of pyridine rings is 2. The molecule has 0 aliphatic heterocycles. The third-order valence-electron chi connectivity index (χ3n) is 5.47. The summed E-state index contributed by atoms with van der Waals surface area (Å²) in [6, 6.07) is 11.1. The normalized spacial score (nSPS) is 12.3. The Morgan fingerprint density at radius 1 is 0.914 bits per heavy atom. The van der Waals surface area contributed by atoms with Gasteiger partial charge in [-0.3, -0.25) is 9.97 Å². The zero-order valence-corrected chi connectivity index (χ0v) is 18.2. The number of alkyl halides is 2. The molecule has 0 aliphatic rings. The van der Waals surface area contributed by atoms with Crippen molar-refractivity contribution in [3.63, 3.8) is 0 Å². The van der Waals surface area contributed by atoms with E-state index in [-0.39, 0.29) is 17.5 Å². The molecule has 0 radical (unpaired) electrons. The number of phenolic OH excluding ortho intramolecular Hbond substituents is 1. The molecule has 0 fully saturated rings. The van der Waals surface area contributed by atoms with Gasteiger partial charge in [-0.25, -0.2) is 17.6 Å². The minimum atomic E-state index is -3.12. The number of aryl methyl sites for hydroxylation is 1. The third-order valence-corrected chi connectivity index (χ3v) is 5.47. The van der Waals surface area contributed by atoms with Crippen molar-refractivity contribution in [2.75, 3.05) is 6.61 Å². The van der Waals surface area contributed by atoms with Crippen molar-refractivity contribution < 1.29 is 36.2 Å². The van der Waals surface area contributed by atoms with E-state index in [1.54, 1.807) is 37.3 Å². The number of fused-ring (bicyclic) bond motifs is 1. The van der Waals surface area contributed by atoms with E-state index >= 15 is 8.78 Å². The molecule has 0 saturated carbocycles. The fourth-order valence-electron chi connectivity index (χ4n) is 3.92. The summed E-state index contributed by atoms with van der Waals surface area (Å²) in [4.78, 5) is 8.37. The number of nitrogens with zero attached hydrogens (tertiary/aromatic N) is 2. The number of aromatic hydroxyl groups is 1. The van der Waals surface area contributed by atoms with Crippen LogP contribution in [0, 0.1) is 30.2 Å². The molecule has 0 saturated heterocycles. The number of hydrogen-bond donors (Lipinski definition) is 1. The molecule has 4 rings (SSSR count). The Bertz CT molecular complexity index is 1370. The predicted octanol–water partition coefficient (Wildman–Crippen LogP) is 6.22. The number of phenols is 1. The zero-order chi connectivity index (χ0) is 25.3. The monoisotopic (exact) mass is 492 g/mol. The second kappa shape index (κ2) is 9.81. The van der Waals surface area contributed by atoms with Gasteiger partial charge in [0.05, 0.1) is 0 Å². The van der Waals surface area contributed by atoms with Crippen molar-refractivity contribution in [2.24, 2.45) is 0 Å². The van der Waals surface area contributed by atoms with Gasteiger partial charge in [0.15, 0.2) is 17.4 Å². The maximum absolute atomic E-state index is 15.2. The van der Waals surface area contributed by atoms with Gasteiger partial charge in [0.25, 0.3) is 6.43 Å². The Morgan fingerprint density at radius 2 is 1.63 bits per heavy atom. The van der Waals surface area contributed by atoms with E-state index in [0.717, 1.165) is 0 Å². The summed E-state index contributed by atoms with van der Waals surface area (Å²) in [6.07, 6.45) is -1.97. The number of ether oxygens (including phenoxy) is 1. The van der Waals surface area contributed by atoms with Crippen molar-refractivity contribution in [1.29, 1.82) is 0 Å². The molecular weight excluding hydrogens is 474 g/mol. The third kappa shape index (κ3) is 4.73. The fraction of sp³-hybridized carbons (Fsp3) is 0.200. The first-order valence-corrected chi connectivity index (χ1v) is 10.4. The van der Waals surface area contributed by atoms with Gasteiger partial charge in [-0.15, -0.1) is 0 Å². The molecule has 0 amide bonds. The van der Waals surface area contributed by atoms with Crippen LogP contribution in [0.1, 0.15) is 28.4 Å². The van der Waals surface area contributed by atoms with Crippen LogP contribution in [-0.4, -0.2) is 28.1 Å². The molecule has 0 bridgehead atoms. The zero-order valence-electron chi connectivity index (χ0n) is 18.2. The first-order valence-electron chi connectivity index (χ1n) is 10.4. The summed E-state index contributed by atoms with van der Waals surface area (Å²) in [5, 5.41) is 11.4. The highest BCUT2D eigenvalue weighted by molar-refractivity contribution is 5.85. The van der Waals surface area contributed by atoms with Crippen LogP contribution in [0.5, 0.6) is 11.5 Å². The maximum Gasteiger partial charge on any atom is 0.272 e. The van der Waals surface area contributed by atoms with Crippen molar-refractivity contribution in [2.45, 2.75) is 25.7 Å². The minimum absolute atomic E-state index is 0.0580. The predicted molar refractivity (Wildman–Crippen MR) is 116 cm³/mol. The topological polar surface area (TPSA) is 55.2 Å². The van der Waals surface area contributed by atoms with Gasteiger partial charge in [0.2, 0.25) is 11.6 Å². The number of halogens is 6. The summed E-state index contributed by atoms with van der Waals surface area (Å²) in [5.74, 6) is -11.0. The second-order valence-electron chi connectivity index (χ2n) is 7.81. The summed E-state index contributed by atoms with van der Waals surface area (Å²) in [6.45, 7) is 0.228. The average molecular weight is 492 g/mol. The number of rotatable bonds is 7. The standard InChI is InChI=1S/C25H18F6N2O2/c1-12-4-2-6-14(33-12)10-16(15-8-7-13-5-3-9-32-23(13)24(15)34)18-19(28)21(30)25(22(31)20(18)29)35-11-17(26)27/h2-9,16-17,34H,10-11H2,1H3. The SMILES string of the molecule is Cc1cccc(CC(c2ccc3cccnc3c2O)c2c(F)c(F)c(OCC(F)F)c(F)c2F)n1. The van der Waals surface area contributed by atoms with Gasteiger partial charge < -0.3 is 9.84 Å². The molecule has 182 valence electrons. The van der Waals surface area contributed by atoms with E-state index < -0.39 is 59.3 Å². The average Bonchev–Trinajstić information content (AvgIpc) is 2.83. The number of aromatic nitrogens is 2. The van der Waals surface area contributed by atoms with Crippen LogP contribution in [0.15, 0.2) is 48.7 Å². The van der Waals surface area contributed by atoms with Crippen LogP contribution in [0.3, 0.4) is 0 Å². The Labute approximate surface area is 195 Å². The maximum atomic E-state index is 15.2. The van der Waals surface area contributed by atoms with Crippen LogP contribution in [0.2, 0.25) is 0 Å². The second-order valence-corrected chi connectivity index (χ2v) is 7.81. The summed E-state index contributed by atoms with van der Waals surface area (Å²) >= 11 is 0. The highest BCUT2D eigenvalue weighted by atomic mass is 19.3. The van der Waals surface area contributed by atoms with Crippen molar-refractivity contribution in [3.05, 3.63) is 94.4 Å². The van der Waals surface area contributed by atoms with Crippen LogP contribution in [0.4, 0.5) is 26.3 Å².